The quantitative estimate of drug-likeness (QED) is 0.102. The highest BCUT2D eigenvalue weighted by Gasteiger charge is 2.16. The topological polar surface area (TPSA) is 104 Å². The van der Waals surface area contributed by atoms with Crippen LogP contribution >= 0.6 is 34.8 Å². The third-order valence-electron chi connectivity index (χ3n) is 5.69. The van der Waals surface area contributed by atoms with Crippen molar-refractivity contribution in [2.75, 3.05) is 0 Å². The van der Waals surface area contributed by atoms with Crippen LogP contribution in [0.5, 0.6) is 17.2 Å². The molecule has 4 rings (SSSR count). The van der Waals surface area contributed by atoms with E-state index in [-0.39, 0.29) is 21.5 Å². The molecule has 11 heteroatoms. The molecule has 0 atom stereocenters. The normalized spacial score (nSPS) is 10.3. The minimum Gasteiger partial charge on any atom is -0.454 e. The molecule has 0 saturated carbocycles. The number of rotatable bonds is 10. The van der Waals surface area contributed by atoms with E-state index in [0.29, 0.717) is 23.0 Å². The van der Waals surface area contributed by atoms with Crippen molar-refractivity contribution in [3.8, 4) is 17.2 Å². The molecule has 0 spiro atoms. The lowest BCUT2D eigenvalue weighted by Crippen LogP contribution is -1.99. The van der Waals surface area contributed by atoms with Crippen molar-refractivity contribution in [2.24, 2.45) is 0 Å². The van der Waals surface area contributed by atoms with Crippen LogP contribution in [0.2, 0.25) is 15.1 Å². The maximum absolute atomic E-state index is 10.9. The Labute approximate surface area is 247 Å². The number of nitro benzene ring substituents is 1. The van der Waals surface area contributed by atoms with E-state index in [1.54, 1.807) is 30.6 Å². The van der Waals surface area contributed by atoms with E-state index >= 15 is 0 Å². The van der Waals surface area contributed by atoms with Gasteiger partial charge in [0.1, 0.15) is 17.8 Å². The Morgan fingerprint density at radius 3 is 2.08 bits per heavy atom. The van der Waals surface area contributed by atoms with E-state index in [2.05, 4.69) is 14.7 Å². The number of hydrogen-bond acceptors (Lipinski definition) is 7. The molecule has 4 aromatic rings. The summed E-state index contributed by atoms with van der Waals surface area (Å²) in [5.41, 5.74) is 3.82. The Morgan fingerprint density at radius 2 is 1.50 bits per heavy atom. The highest BCUT2D eigenvalue weighted by Crippen LogP contribution is 2.39. The van der Waals surface area contributed by atoms with Gasteiger partial charge in [0.05, 0.1) is 31.4 Å². The first-order valence-corrected chi connectivity index (χ1v) is 13.4. The summed E-state index contributed by atoms with van der Waals surface area (Å²) < 4.78 is 10.3. The predicted octanol–water partition coefficient (Wildman–Crippen LogP) is 8.41. The molecule has 0 aliphatic heterocycles. The smallest absolute Gasteiger partial charge is 0.298 e. The Kier molecular flexibility index (Phi) is 11.7. The fourth-order valence-electron chi connectivity index (χ4n) is 3.59. The van der Waals surface area contributed by atoms with Crippen LogP contribution in [0.1, 0.15) is 35.9 Å². The van der Waals surface area contributed by atoms with Crippen molar-refractivity contribution in [1.29, 1.82) is 0 Å². The second kappa shape index (κ2) is 15.2. The zero-order valence-corrected chi connectivity index (χ0v) is 24.0. The van der Waals surface area contributed by atoms with Gasteiger partial charge in [-0.1, -0.05) is 71.6 Å². The Hall–Kier alpha value is -3.72. The summed E-state index contributed by atoms with van der Waals surface area (Å²) in [5, 5.41) is 11.7. The van der Waals surface area contributed by atoms with Crippen molar-refractivity contribution < 1.29 is 19.2 Å². The molecule has 40 heavy (non-hydrogen) atoms. The number of non-ortho nitro benzene ring substituents is 1. The van der Waals surface area contributed by atoms with Crippen molar-refractivity contribution in [2.45, 2.75) is 39.5 Å². The first-order valence-electron chi connectivity index (χ1n) is 12.3. The number of carbonyl (C=O) groups excluding carboxylic acids is 1. The van der Waals surface area contributed by atoms with E-state index in [9.17, 15) is 14.9 Å². The minimum absolute atomic E-state index is 0.0754. The Morgan fingerprint density at radius 1 is 0.900 bits per heavy atom. The predicted molar refractivity (Wildman–Crippen MR) is 156 cm³/mol. The molecule has 0 aliphatic carbocycles. The standard InChI is InChI=1S/C21H18Cl3N3O3.C8H8O2/c1-2-18-20(24)19(26-12-25-18)5-3-4-13-6-8-15(9-7-13)30-21-16(22)10-14(27(28)29)11-17(21)23;1-7-2-4-8(5-3-7)10-6-9/h6-12H,2-5H2,1H3;2-6H,1H3. The van der Waals surface area contributed by atoms with Gasteiger partial charge in [-0.25, -0.2) is 9.97 Å². The monoisotopic (exact) mass is 601 g/mol. The maximum Gasteiger partial charge on any atom is 0.298 e. The highest BCUT2D eigenvalue weighted by molar-refractivity contribution is 6.37. The zero-order chi connectivity index (χ0) is 29.1. The van der Waals surface area contributed by atoms with E-state index in [4.69, 9.17) is 39.5 Å². The largest absolute Gasteiger partial charge is 0.454 e. The molecule has 0 amide bonds. The number of carbonyl (C=O) groups is 1. The third kappa shape index (κ3) is 8.91. The molecule has 1 heterocycles. The molecule has 1 aromatic heterocycles. The summed E-state index contributed by atoms with van der Waals surface area (Å²) in [5.74, 6) is 1.30. The second-order valence-corrected chi connectivity index (χ2v) is 9.75. The second-order valence-electron chi connectivity index (χ2n) is 8.56. The summed E-state index contributed by atoms with van der Waals surface area (Å²) >= 11 is 18.5. The highest BCUT2D eigenvalue weighted by atomic mass is 35.5. The van der Waals surface area contributed by atoms with Crippen molar-refractivity contribution in [1.82, 2.24) is 9.97 Å². The number of aryl methyl sites for hydroxylation is 4. The number of ether oxygens (including phenoxy) is 2. The molecule has 0 unspecified atom stereocenters. The van der Waals surface area contributed by atoms with E-state index < -0.39 is 4.92 Å². The molecule has 208 valence electrons. The molecule has 0 radical (unpaired) electrons. The first kappa shape index (κ1) is 30.8. The van der Waals surface area contributed by atoms with Crippen LogP contribution in [-0.2, 0) is 24.1 Å². The molecule has 0 saturated heterocycles. The molecule has 0 fully saturated rings. The van der Waals surface area contributed by atoms with Crippen molar-refractivity contribution in [3.05, 3.63) is 115 Å². The van der Waals surface area contributed by atoms with Crippen molar-refractivity contribution in [3.63, 3.8) is 0 Å². The van der Waals surface area contributed by atoms with Crippen LogP contribution in [0.4, 0.5) is 5.69 Å². The molecule has 3 aromatic carbocycles. The van der Waals surface area contributed by atoms with Crippen molar-refractivity contribution >= 4 is 47.0 Å². The average Bonchev–Trinajstić information content (AvgIpc) is 2.94. The van der Waals surface area contributed by atoms with Gasteiger partial charge in [-0.05, 0) is 62.4 Å². The fraction of sp³-hybridized carbons (Fsp3) is 0.207. The molecule has 0 bridgehead atoms. The number of hydrogen-bond donors (Lipinski definition) is 0. The van der Waals surface area contributed by atoms with Gasteiger partial charge >= 0.3 is 0 Å². The third-order valence-corrected chi connectivity index (χ3v) is 6.69. The van der Waals surface area contributed by atoms with Gasteiger partial charge in [-0.2, -0.15) is 0 Å². The summed E-state index contributed by atoms with van der Waals surface area (Å²) in [4.78, 5) is 28.6. The van der Waals surface area contributed by atoms with Gasteiger partial charge in [-0.3, -0.25) is 14.9 Å². The number of benzene rings is 3. The van der Waals surface area contributed by atoms with Crippen LogP contribution in [-0.4, -0.2) is 21.4 Å². The molecule has 8 nitrogen and oxygen atoms in total. The Balaban J connectivity index is 0.000000371. The van der Waals surface area contributed by atoms with Gasteiger partial charge in [0, 0.05) is 12.1 Å². The van der Waals surface area contributed by atoms with E-state index in [1.165, 1.54) is 12.1 Å². The van der Waals surface area contributed by atoms with Crippen LogP contribution in [0.25, 0.3) is 0 Å². The van der Waals surface area contributed by atoms with Crippen LogP contribution < -0.4 is 9.47 Å². The summed E-state index contributed by atoms with van der Waals surface area (Å²) in [6.45, 7) is 4.41. The van der Waals surface area contributed by atoms with Gasteiger partial charge in [0.15, 0.2) is 5.75 Å². The summed E-state index contributed by atoms with van der Waals surface area (Å²) in [6, 6.07) is 17.2. The molecular weight excluding hydrogens is 577 g/mol. The number of halogens is 3. The van der Waals surface area contributed by atoms with E-state index in [1.807, 2.05) is 38.1 Å². The van der Waals surface area contributed by atoms with Gasteiger partial charge in [-0.15, -0.1) is 0 Å². The molecular formula is C29H26Cl3N3O5. The molecule has 0 aliphatic rings. The number of aromatic nitrogens is 2. The van der Waals surface area contributed by atoms with Gasteiger partial charge in [0.2, 0.25) is 0 Å². The van der Waals surface area contributed by atoms with Gasteiger partial charge < -0.3 is 9.47 Å². The average molecular weight is 603 g/mol. The number of nitro groups is 1. The van der Waals surface area contributed by atoms with Crippen LogP contribution in [0, 0.1) is 17.0 Å². The minimum atomic E-state index is -0.561. The first-order chi connectivity index (χ1) is 19.2. The lowest BCUT2D eigenvalue weighted by molar-refractivity contribution is -0.384. The Bertz CT molecular complexity index is 1430. The van der Waals surface area contributed by atoms with Crippen LogP contribution in [0.3, 0.4) is 0 Å². The maximum atomic E-state index is 10.9. The zero-order valence-electron chi connectivity index (χ0n) is 21.8. The fourth-order valence-corrected chi connectivity index (χ4v) is 4.47. The summed E-state index contributed by atoms with van der Waals surface area (Å²) in [7, 11) is 0. The summed E-state index contributed by atoms with van der Waals surface area (Å²) in [6.07, 6.45) is 4.83. The van der Waals surface area contributed by atoms with Gasteiger partial charge in [0.25, 0.3) is 12.2 Å². The van der Waals surface area contributed by atoms with Crippen LogP contribution in [0.15, 0.2) is 67.0 Å². The van der Waals surface area contributed by atoms with E-state index in [0.717, 1.165) is 48.2 Å². The molecule has 0 N–H and O–H groups in total. The lowest BCUT2D eigenvalue weighted by atomic mass is 10.1. The SMILES string of the molecule is CCc1ncnc(CCCc2ccc(Oc3c(Cl)cc([N+](=O)[O-])cc3Cl)cc2)c1Cl.Cc1ccc(OC=O)cc1. The lowest BCUT2D eigenvalue weighted by Gasteiger charge is -2.10. The number of nitrogens with zero attached hydrogens (tertiary/aromatic N) is 3.